The van der Waals surface area contributed by atoms with E-state index in [-0.39, 0.29) is 30.0 Å². The number of ether oxygens (including phenoxy) is 1. The van der Waals surface area contributed by atoms with Gasteiger partial charge in [-0.25, -0.2) is 4.98 Å². The van der Waals surface area contributed by atoms with Gasteiger partial charge in [-0.2, -0.15) is 4.57 Å². The van der Waals surface area contributed by atoms with Crippen LogP contribution in [0.15, 0.2) is 72.8 Å². The summed E-state index contributed by atoms with van der Waals surface area (Å²) in [4.78, 5) is 5.58. The Bertz CT molecular complexity index is 1830. The average Bonchev–Trinajstić information content (AvgIpc) is 2.93. The smallest absolute Gasteiger partial charge is 0.236 e. The molecule has 2 aliphatic carbocycles. The van der Waals surface area contributed by atoms with Crippen LogP contribution in [-0.2, 0) is 10.2 Å². The van der Waals surface area contributed by atoms with E-state index in [2.05, 4.69) is 98.1 Å². The molecule has 1 fully saturated rings. The van der Waals surface area contributed by atoms with Crippen molar-refractivity contribution in [3.05, 3.63) is 95.2 Å². The molecule has 0 radical (unpaired) electrons. The number of fused-ring (bicyclic) bond motifs is 5. The van der Waals surface area contributed by atoms with Gasteiger partial charge in [0.25, 0.3) is 0 Å². The number of aliphatic hydroxyl groups is 1. The fourth-order valence-corrected chi connectivity index (χ4v) is 8.02. The van der Waals surface area contributed by atoms with Crippen LogP contribution in [0.4, 0.5) is 0 Å². The Morgan fingerprint density at radius 3 is 2.67 bits per heavy atom. The van der Waals surface area contributed by atoms with Gasteiger partial charge in [0.2, 0.25) is 11.2 Å². The molecule has 4 aromatic carbocycles. The first-order valence-electron chi connectivity index (χ1n) is 14.1. The quantitative estimate of drug-likeness (QED) is 0.275. The van der Waals surface area contributed by atoms with Gasteiger partial charge >= 0.3 is 0 Å². The summed E-state index contributed by atoms with van der Waals surface area (Å²) in [5, 5.41) is 12.8. The predicted octanol–water partition coefficient (Wildman–Crippen LogP) is 6.62. The van der Waals surface area contributed by atoms with E-state index in [1.165, 1.54) is 55.4 Å². The van der Waals surface area contributed by atoms with Crippen molar-refractivity contribution in [3.63, 3.8) is 0 Å². The van der Waals surface area contributed by atoms with Crippen LogP contribution < -0.4 is 4.57 Å². The molecule has 4 unspecified atom stereocenters. The first-order valence-corrected chi connectivity index (χ1v) is 14.1. The first-order chi connectivity index (χ1) is 18.9. The van der Waals surface area contributed by atoms with Crippen LogP contribution in [0.25, 0.3) is 44.2 Å². The molecule has 4 nitrogen and oxygen atoms in total. The second-order valence-electron chi connectivity index (χ2n) is 12.2. The second kappa shape index (κ2) is 7.97. The van der Waals surface area contributed by atoms with Crippen molar-refractivity contribution in [2.24, 2.45) is 5.92 Å². The summed E-state index contributed by atoms with van der Waals surface area (Å²) in [6.45, 7) is 6.87. The molecule has 194 valence electrons. The van der Waals surface area contributed by atoms with E-state index >= 15 is 0 Å². The molecular weight excluding hydrogens is 480 g/mol. The number of rotatable bonds is 4. The standard InChI is InChI=1S/C35H33N2O2/c1-19-8-5-10-21(16-19)22-11-7-13-26-32(22)36-34-33-31-23(30-24(28(18-38)39-4)17-27(30)37(26)33)15-14-20-9-6-12-25(29(20)31)35(34,2)3/h5-16,24,27-28,30,38H,17-18H2,1-4H3/q+1. The zero-order valence-electron chi connectivity index (χ0n) is 22.9. The van der Waals surface area contributed by atoms with Gasteiger partial charge in [-0.3, -0.25) is 0 Å². The molecule has 5 aromatic rings. The summed E-state index contributed by atoms with van der Waals surface area (Å²) >= 11 is 0. The van der Waals surface area contributed by atoms with Crippen molar-refractivity contribution in [2.75, 3.05) is 13.7 Å². The van der Waals surface area contributed by atoms with Crippen LogP contribution in [0.2, 0.25) is 0 Å². The third-order valence-electron chi connectivity index (χ3n) is 9.91. The largest absolute Gasteiger partial charge is 0.394 e. The van der Waals surface area contributed by atoms with E-state index in [9.17, 15) is 5.11 Å². The van der Waals surface area contributed by atoms with Gasteiger partial charge in [0.1, 0.15) is 11.2 Å². The molecular formula is C35H33N2O2+. The molecule has 1 N–H and O–H groups in total. The number of aromatic nitrogens is 2. The summed E-state index contributed by atoms with van der Waals surface area (Å²) in [6, 6.07) is 27.1. The number of methoxy groups -OCH3 is 1. The van der Waals surface area contributed by atoms with Crippen molar-refractivity contribution in [2.45, 2.75) is 50.7 Å². The van der Waals surface area contributed by atoms with Crippen molar-refractivity contribution < 1.29 is 14.4 Å². The summed E-state index contributed by atoms with van der Waals surface area (Å²) < 4.78 is 8.44. The van der Waals surface area contributed by atoms with Crippen LogP contribution >= 0.6 is 0 Å². The van der Waals surface area contributed by atoms with Crippen LogP contribution in [0, 0.1) is 12.8 Å². The van der Waals surface area contributed by atoms with Gasteiger partial charge in [-0.05, 0) is 42.8 Å². The third-order valence-corrected chi connectivity index (χ3v) is 9.91. The van der Waals surface area contributed by atoms with Crippen molar-refractivity contribution in [1.29, 1.82) is 0 Å². The average molecular weight is 514 g/mol. The molecule has 1 aliphatic heterocycles. The Labute approximate surface area is 228 Å². The Morgan fingerprint density at radius 2 is 1.87 bits per heavy atom. The van der Waals surface area contributed by atoms with Crippen LogP contribution in [0.5, 0.6) is 0 Å². The monoisotopic (exact) mass is 513 g/mol. The Morgan fingerprint density at radius 1 is 1.05 bits per heavy atom. The van der Waals surface area contributed by atoms with E-state index in [0.717, 1.165) is 17.6 Å². The van der Waals surface area contributed by atoms with E-state index in [1.54, 1.807) is 7.11 Å². The molecule has 0 bridgehead atoms. The molecule has 0 amide bonds. The Kier molecular flexibility index (Phi) is 4.76. The van der Waals surface area contributed by atoms with E-state index < -0.39 is 0 Å². The number of hydrogen-bond acceptors (Lipinski definition) is 3. The highest BCUT2D eigenvalue weighted by Gasteiger charge is 2.59. The normalized spacial score (nSPS) is 22.4. The SMILES string of the molecule is COC(CO)C1CC2C1c1ccc3cccc4c3c1-c1c(nc3c(-c5cccc(C)c5)cccc3[n+]12)C4(C)C. The molecule has 4 atom stereocenters. The Balaban J connectivity index is 1.52. The fraction of sp³-hybridized carbons (Fsp3) is 0.314. The molecule has 3 aliphatic rings. The molecule has 8 rings (SSSR count). The highest BCUT2D eigenvalue weighted by Crippen LogP contribution is 2.60. The van der Waals surface area contributed by atoms with E-state index in [0.29, 0.717) is 6.04 Å². The van der Waals surface area contributed by atoms with Crippen LogP contribution in [-0.4, -0.2) is 29.9 Å². The van der Waals surface area contributed by atoms with E-state index in [4.69, 9.17) is 9.72 Å². The number of hydrogen-bond donors (Lipinski definition) is 1. The Hall–Kier alpha value is -3.60. The van der Waals surface area contributed by atoms with Crippen molar-refractivity contribution >= 4 is 21.8 Å². The predicted molar refractivity (Wildman–Crippen MR) is 155 cm³/mol. The maximum Gasteiger partial charge on any atom is 0.236 e. The van der Waals surface area contributed by atoms with Gasteiger partial charge in [0.05, 0.1) is 24.2 Å². The molecule has 0 spiro atoms. The van der Waals surface area contributed by atoms with Crippen molar-refractivity contribution in [3.8, 4) is 22.4 Å². The van der Waals surface area contributed by atoms with Gasteiger partial charge < -0.3 is 9.84 Å². The molecule has 2 heterocycles. The minimum atomic E-state index is -0.244. The summed E-state index contributed by atoms with van der Waals surface area (Å²) in [6.07, 6.45) is 0.816. The zero-order valence-corrected chi connectivity index (χ0v) is 22.9. The minimum absolute atomic E-state index is 0.0446. The highest BCUT2D eigenvalue weighted by atomic mass is 16.5. The maximum atomic E-state index is 10.2. The number of para-hydroxylation sites is 1. The summed E-state index contributed by atoms with van der Waals surface area (Å²) in [5.74, 6) is 0.558. The lowest BCUT2D eigenvalue weighted by Crippen LogP contribution is -2.60. The molecule has 0 saturated heterocycles. The molecule has 4 heteroatoms. The summed E-state index contributed by atoms with van der Waals surface area (Å²) in [7, 11) is 1.73. The minimum Gasteiger partial charge on any atom is -0.394 e. The third kappa shape index (κ3) is 2.91. The van der Waals surface area contributed by atoms with Gasteiger partial charge in [-0.1, -0.05) is 72.3 Å². The molecule has 1 saturated carbocycles. The second-order valence-corrected chi connectivity index (χ2v) is 12.2. The van der Waals surface area contributed by atoms with Crippen LogP contribution in [0.3, 0.4) is 0 Å². The fourth-order valence-electron chi connectivity index (χ4n) is 8.02. The lowest BCUT2D eigenvalue weighted by Gasteiger charge is -2.49. The first kappa shape index (κ1) is 23.3. The zero-order chi connectivity index (χ0) is 26.6. The topological polar surface area (TPSA) is 46.2 Å². The lowest BCUT2D eigenvalue weighted by molar-refractivity contribution is -0.710. The molecule has 39 heavy (non-hydrogen) atoms. The van der Waals surface area contributed by atoms with E-state index in [1.807, 2.05) is 0 Å². The summed E-state index contributed by atoms with van der Waals surface area (Å²) in [5.41, 5.74) is 12.2. The van der Waals surface area contributed by atoms with Crippen LogP contribution in [0.1, 0.15) is 54.6 Å². The highest BCUT2D eigenvalue weighted by molar-refractivity contribution is 6.04. The number of nitrogens with zero attached hydrogens (tertiary/aromatic N) is 2. The van der Waals surface area contributed by atoms with Gasteiger partial charge in [-0.15, -0.1) is 0 Å². The number of aryl methyl sites for hydroxylation is 1. The van der Waals surface area contributed by atoms with Crippen molar-refractivity contribution in [1.82, 2.24) is 4.98 Å². The number of benzene rings is 4. The lowest BCUT2D eigenvalue weighted by atomic mass is 9.58. The van der Waals surface area contributed by atoms with Gasteiger partial charge in [0.15, 0.2) is 6.04 Å². The maximum absolute atomic E-state index is 10.2. The van der Waals surface area contributed by atoms with Gasteiger partial charge in [0, 0.05) is 41.9 Å². The number of aliphatic hydroxyl groups excluding tert-OH is 1. The molecule has 1 aromatic heterocycles.